The molecule has 1 aromatic heterocycles. The Morgan fingerprint density at radius 3 is 2.65 bits per heavy atom. The van der Waals surface area contributed by atoms with Crippen LogP contribution in [0.4, 0.5) is 13.2 Å². The molecule has 2 aromatic carbocycles. The molecule has 0 amide bonds. The summed E-state index contributed by atoms with van der Waals surface area (Å²) in [4.78, 5) is 18.2. The summed E-state index contributed by atoms with van der Waals surface area (Å²) in [5.41, 5.74) is 7.17. The molecule has 10 heteroatoms. The third-order valence-corrected chi connectivity index (χ3v) is 7.66. The van der Waals surface area contributed by atoms with Gasteiger partial charge in [-0.05, 0) is 79.6 Å². The molecule has 40 heavy (non-hydrogen) atoms. The predicted octanol–water partition coefficient (Wildman–Crippen LogP) is 4.54. The summed E-state index contributed by atoms with van der Waals surface area (Å²) in [5.74, 6) is 1.58. The van der Waals surface area contributed by atoms with E-state index in [1.165, 1.54) is 0 Å². The van der Waals surface area contributed by atoms with E-state index in [1.807, 2.05) is 17.0 Å². The number of carboxylic acids is 1. The molecule has 4 N–H and O–H groups in total. The van der Waals surface area contributed by atoms with Crippen molar-refractivity contribution in [2.75, 3.05) is 26.7 Å². The van der Waals surface area contributed by atoms with Crippen molar-refractivity contribution in [1.29, 1.82) is 0 Å². The molecule has 1 aliphatic heterocycles. The van der Waals surface area contributed by atoms with Gasteiger partial charge in [0.2, 0.25) is 0 Å². The first-order valence-electron chi connectivity index (χ1n) is 13.1. The van der Waals surface area contributed by atoms with Crippen molar-refractivity contribution in [2.45, 2.75) is 44.8 Å². The molecule has 1 fully saturated rings. The molecule has 4 rings (SSSR count). The van der Waals surface area contributed by atoms with Gasteiger partial charge in [-0.2, -0.15) is 0 Å². The average Bonchev–Trinajstić information content (AvgIpc) is 2.94. The van der Waals surface area contributed by atoms with Gasteiger partial charge in [-0.3, -0.25) is 14.7 Å². The average molecular weight is 556 g/mol. The highest BCUT2D eigenvalue weighted by atomic mass is 19.2. The zero-order chi connectivity index (χ0) is 28.9. The van der Waals surface area contributed by atoms with Gasteiger partial charge in [-0.25, -0.2) is 13.2 Å². The minimum absolute atomic E-state index is 0.0400. The van der Waals surface area contributed by atoms with Gasteiger partial charge in [-0.1, -0.05) is 11.8 Å². The number of hydrogen-bond acceptors (Lipinski definition) is 6. The zero-order valence-corrected chi connectivity index (χ0v) is 22.2. The monoisotopic (exact) mass is 555 g/mol. The number of piperidine rings is 1. The topological polar surface area (TPSA) is 109 Å². The van der Waals surface area contributed by atoms with Gasteiger partial charge in [0, 0.05) is 24.2 Å². The Balaban J connectivity index is 1.46. The van der Waals surface area contributed by atoms with Gasteiger partial charge < -0.3 is 20.7 Å². The first-order chi connectivity index (χ1) is 19.1. The second kappa shape index (κ2) is 12.7. The van der Waals surface area contributed by atoms with Crippen LogP contribution in [0, 0.1) is 34.7 Å². The Morgan fingerprint density at radius 1 is 1.23 bits per heavy atom. The molecule has 0 aliphatic carbocycles. The van der Waals surface area contributed by atoms with Crippen molar-refractivity contribution in [1.82, 2.24) is 9.88 Å². The lowest BCUT2D eigenvalue weighted by Gasteiger charge is -2.41. The number of nitrogens with zero attached hydrogens (tertiary/aromatic N) is 2. The van der Waals surface area contributed by atoms with E-state index in [0.717, 1.165) is 11.5 Å². The van der Waals surface area contributed by atoms with Crippen LogP contribution in [0.1, 0.15) is 54.9 Å². The van der Waals surface area contributed by atoms with Crippen molar-refractivity contribution < 1.29 is 32.9 Å². The summed E-state index contributed by atoms with van der Waals surface area (Å²) >= 11 is 0. The Hall–Kier alpha value is -3.65. The Bertz CT molecular complexity index is 1440. The number of hydrogen-bond donors (Lipinski definition) is 3. The first kappa shape index (κ1) is 29.3. The zero-order valence-electron chi connectivity index (χ0n) is 22.2. The fourth-order valence-corrected chi connectivity index (χ4v) is 5.42. The number of methoxy groups -OCH3 is 1. The third-order valence-electron chi connectivity index (χ3n) is 7.66. The number of ether oxygens (including phenoxy) is 1. The molecule has 0 bridgehead atoms. The standard InChI is InChI=1S/C30H32F3N3O4/c1-40-22-4-5-25-23(15-22)28(20(17-34)18-35-25)26(37)6-7-30(16-27(38)39)8-11-36(12-9-30)10-2-3-19-13-21(31)14-24(32)29(19)33/h4-5,13-15,18,26,37H,6-12,16-17,34H2,1H3,(H,38,39)/t26-/m1/s1. The van der Waals surface area contributed by atoms with E-state index in [0.29, 0.717) is 67.2 Å². The highest BCUT2D eigenvalue weighted by Gasteiger charge is 2.37. The Morgan fingerprint density at radius 2 is 1.98 bits per heavy atom. The number of carboxylic acid groups (broad SMARTS) is 1. The molecule has 1 atom stereocenters. The van der Waals surface area contributed by atoms with E-state index in [9.17, 15) is 28.2 Å². The smallest absolute Gasteiger partial charge is 0.303 e. The van der Waals surface area contributed by atoms with Crippen molar-refractivity contribution in [3.63, 3.8) is 0 Å². The SMILES string of the molecule is COc1ccc2ncc(CN)c([C@H](O)CCC3(CC(=O)O)CCN(CC#Cc4cc(F)cc(F)c4F)CC3)c2c1. The van der Waals surface area contributed by atoms with Gasteiger partial charge in [-0.15, -0.1) is 0 Å². The fraction of sp³-hybridized carbons (Fsp3) is 0.400. The lowest BCUT2D eigenvalue weighted by atomic mass is 9.71. The van der Waals surface area contributed by atoms with Crippen LogP contribution in [-0.2, 0) is 11.3 Å². The third kappa shape index (κ3) is 6.73. The molecule has 0 unspecified atom stereocenters. The van der Waals surface area contributed by atoms with E-state index in [1.54, 1.807) is 19.4 Å². The number of aliphatic carboxylic acids is 1. The number of aliphatic hydroxyl groups excluding tert-OH is 1. The molecule has 1 aliphatic rings. The van der Waals surface area contributed by atoms with Gasteiger partial charge in [0.1, 0.15) is 11.6 Å². The molecule has 3 aromatic rings. The van der Waals surface area contributed by atoms with Crippen LogP contribution in [0.15, 0.2) is 36.5 Å². The number of halogens is 3. The predicted molar refractivity (Wildman–Crippen MR) is 144 cm³/mol. The summed E-state index contributed by atoms with van der Waals surface area (Å²) in [7, 11) is 1.56. The summed E-state index contributed by atoms with van der Waals surface area (Å²) < 4.78 is 46.1. The second-order valence-electron chi connectivity index (χ2n) is 10.2. The van der Waals surface area contributed by atoms with Gasteiger partial charge in [0.15, 0.2) is 11.6 Å². The summed E-state index contributed by atoms with van der Waals surface area (Å²) in [6.45, 7) is 1.52. The fourth-order valence-electron chi connectivity index (χ4n) is 5.42. The van der Waals surface area contributed by atoms with Gasteiger partial charge >= 0.3 is 5.97 Å². The van der Waals surface area contributed by atoms with Gasteiger partial charge in [0.05, 0.1) is 37.3 Å². The number of carbonyl (C=O) groups is 1. The molecule has 1 saturated heterocycles. The van der Waals surface area contributed by atoms with E-state index < -0.39 is 34.9 Å². The first-order valence-corrected chi connectivity index (χ1v) is 13.1. The van der Waals surface area contributed by atoms with E-state index in [4.69, 9.17) is 10.5 Å². The minimum atomic E-state index is -1.29. The van der Waals surface area contributed by atoms with Crippen LogP contribution < -0.4 is 10.5 Å². The molecule has 7 nitrogen and oxygen atoms in total. The normalized spacial score (nSPS) is 15.8. The molecule has 2 heterocycles. The summed E-state index contributed by atoms with van der Waals surface area (Å²) in [6, 6.07) is 6.74. The number of likely N-dealkylation sites (tertiary alicyclic amines) is 1. The van der Waals surface area contributed by atoms with Crippen LogP contribution in [0.25, 0.3) is 10.9 Å². The van der Waals surface area contributed by atoms with Crippen molar-refractivity contribution >= 4 is 16.9 Å². The van der Waals surface area contributed by atoms with Crippen LogP contribution in [0.5, 0.6) is 5.75 Å². The number of pyridine rings is 1. The number of nitrogens with two attached hydrogens (primary N) is 1. The molecule has 212 valence electrons. The number of fused-ring (bicyclic) bond motifs is 1. The molecule has 0 radical (unpaired) electrons. The quantitative estimate of drug-likeness (QED) is 0.263. The van der Waals surface area contributed by atoms with Crippen molar-refractivity contribution in [2.24, 2.45) is 11.1 Å². The van der Waals surface area contributed by atoms with Crippen LogP contribution >= 0.6 is 0 Å². The Labute approximate surface area is 230 Å². The Kier molecular flexibility index (Phi) is 9.30. The summed E-state index contributed by atoms with van der Waals surface area (Å²) in [5, 5.41) is 21.7. The van der Waals surface area contributed by atoms with E-state index in [2.05, 4.69) is 16.8 Å². The molecular formula is C30H32F3N3O4. The van der Waals surface area contributed by atoms with E-state index in [-0.39, 0.29) is 25.1 Å². The van der Waals surface area contributed by atoms with Crippen LogP contribution in [-0.4, -0.2) is 52.8 Å². The van der Waals surface area contributed by atoms with Gasteiger partial charge in [0.25, 0.3) is 0 Å². The minimum Gasteiger partial charge on any atom is -0.497 e. The van der Waals surface area contributed by atoms with Crippen LogP contribution in [0.2, 0.25) is 0 Å². The second-order valence-corrected chi connectivity index (χ2v) is 10.2. The highest BCUT2D eigenvalue weighted by molar-refractivity contribution is 5.85. The van der Waals surface area contributed by atoms with E-state index >= 15 is 0 Å². The lowest BCUT2D eigenvalue weighted by Crippen LogP contribution is -2.41. The number of aromatic nitrogens is 1. The molecular weight excluding hydrogens is 523 g/mol. The summed E-state index contributed by atoms with van der Waals surface area (Å²) in [6.07, 6.45) is 2.67. The number of benzene rings is 2. The van der Waals surface area contributed by atoms with Crippen molar-refractivity contribution in [3.8, 4) is 17.6 Å². The largest absolute Gasteiger partial charge is 0.497 e. The molecule has 0 saturated carbocycles. The maximum absolute atomic E-state index is 13.9. The molecule has 0 spiro atoms. The maximum Gasteiger partial charge on any atom is 0.303 e. The number of aliphatic hydroxyl groups is 1. The lowest BCUT2D eigenvalue weighted by molar-refractivity contribution is -0.141. The number of rotatable bonds is 9. The maximum atomic E-state index is 13.9. The highest BCUT2D eigenvalue weighted by Crippen LogP contribution is 2.42. The van der Waals surface area contributed by atoms with Crippen LogP contribution in [0.3, 0.4) is 0 Å². The van der Waals surface area contributed by atoms with Crippen molar-refractivity contribution in [3.05, 3.63) is 70.7 Å².